The summed E-state index contributed by atoms with van der Waals surface area (Å²) in [6.07, 6.45) is 6.73. The number of pyridine rings is 1. The normalized spacial score (nSPS) is 21.3. The Hall–Kier alpha value is -3.81. The highest BCUT2D eigenvalue weighted by Crippen LogP contribution is 2.44. The summed E-state index contributed by atoms with van der Waals surface area (Å²) in [6.45, 7) is 9.74. The van der Waals surface area contributed by atoms with Crippen LogP contribution in [0.2, 0.25) is 6.82 Å². The second-order valence-electron chi connectivity index (χ2n) is 12.3. The number of phenolic OH excluding ortho intramolecular Hbond substituents is 1. The van der Waals surface area contributed by atoms with Crippen molar-refractivity contribution in [3.8, 4) is 28.9 Å². The number of alkyl halides is 2. The predicted molar refractivity (Wildman–Crippen MR) is 189 cm³/mol. The zero-order chi connectivity index (χ0) is 36.5. The van der Waals surface area contributed by atoms with Gasteiger partial charge in [0.05, 0.1) is 21.0 Å². The van der Waals surface area contributed by atoms with Crippen molar-refractivity contribution in [2.24, 2.45) is 0 Å². The molecule has 6 heterocycles. The number of methoxy groups -OCH3 is 1. The number of nitrogens with zero attached hydrogens (tertiary/aromatic N) is 5. The number of rotatable bonds is 5. The number of hydrogen-bond acceptors (Lipinski definition) is 9. The minimum absolute atomic E-state index is 0.00454. The topological polar surface area (TPSA) is 93.1 Å². The van der Waals surface area contributed by atoms with Crippen LogP contribution >= 0.6 is 0 Å². The van der Waals surface area contributed by atoms with Gasteiger partial charge < -0.3 is 24.2 Å². The molecule has 2 aromatic heterocycles. The highest BCUT2D eigenvalue weighted by atomic mass is 19.1. The molecule has 1 N–H and O–H groups in total. The molecule has 2 radical (unpaired) electrons. The van der Waals surface area contributed by atoms with Crippen LogP contribution in [0.4, 0.5) is 23.4 Å². The highest BCUT2D eigenvalue weighted by Gasteiger charge is 2.35. The minimum Gasteiger partial charge on any atom is -0.508 e. The van der Waals surface area contributed by atoms with Gasteiger partial charge in [0.25, 0.3) is 0 Å². The summed E-state index contributed by atoms with van der Waals surface area (Å²) in [5.41, 5.74) is 0.0271. The lowest BCUT2D eigenvalue weighted by Crippen LogP contribution is -2.38. The predicted octanol–water partition coefficient (Wildman–Crippen LogP) is 8.02. The molecule has 50 heavy (non-hydrogen) atoms. The Kier molecular flexibility index (Phi) is 14.0. The fourth-order valence-electron chi connectivity index (χ4n) is 7.17. The lowest BCUT2D eigenvalue weighted by Gasteiger charge is -2.29. The van der Waals surface area contributed by atoms with Crippen molar-refractivity contribution in [2.45, 2.75) is 97.7 Å². The number of hydrogen-bond donors (Lipinski definition) is 1. The van der Waals surface area contributed by atoms with Gasteiger partial charge in [0.15, 0.2) is 11.6 Å². The first-order valence-corrected chi connectivity index (χ1v) is 17.4. The number of aromatic hydroxyl groups is 1. The van der Waals surface area contributed by atoms with Crippen LogP contribution in [0.1, 0.15) is 76.8 Å². The Morgan fingerprint density at radius 2 is 1.80 bits per heavy atom. The summed E-state index contributed by atoms with van der Waals surface area (Å²) in [5.74, 6) is -1.71. The molecule has 0 aliphatic carbocycles. The fraction of sp³-hybridized carbons (Fsp3) is 0.583. The number of phenols is 1. The van der Waals surface area contributed by atoms with Gasteiger partial charge in [0.1, 0.15) is 46.8 Å². The van der Waals surface area contributed by atoms with Crippen LogP contribution in [0.5, 0.6) is 17.6 Å². The lowest BCUT2D eigenvalue weighted by atomic mass is 9.95. The zero-order valence-electron chi connectivity index (χ0n) is 29.9. The maximum Gasteiger partial charge on any atom is 0.318 e. The average molecular weight is 702 g/mol. The Labute approximate surface area is 293 Å². The Balaban J connectivity index is 0.000000365. The Morgan fingerprint density at radius 1 is 1.06 bits per heavy atom. The van der Waals surface area contributed by atoms with Crippen LogP contribution in [0.15, 0.2) is 18.0 Å². The smallest absolute Gasteiger partial charge is 0.318 e. The van der Waals surface area contributed by atoms with E-state index >= 15 is 4.39 Å². The molecule has 0 saturated carbocycles. The van der Waals surface area contributed by atoms with Gasteiger partial charge in [-0.1, -0.05) is 33.5 Å². The van der Waals surface area contributed by atoms with E-state index < -0.39 is 30.4 Å². The Morgan fingerprint density at radius 3 is 2.48 bits per heavy atom. The summed E-state index contributed by atoms with van der Waals surface area (Å²) in [7, 11) is 5.90. The van der Waals surface area contributed by atoms with Crippen molar-refractivity contribution < 1.29 is 36.9 Å². The molecular formula is C36H48BF4N5O4. The second kappa shape index (κ2) is 17.9. The number of ether oxygens (including phenoxy) is 3. The number of anilines is 1. The van der Waals surface area contributed by atoms with Crippen LogP contribution < -0.4 is 14.4 Å². The molecule has 3 atom stereocenters. The lowest BCUT2D eigenvalue weighted by molar-refractivity contribution is 0.157. The third kappa shape index (κ3) is 8.21. The van der Waals surface area contributed by atoms with E-state index in [-0.39, 0.29) is 46.0 Å². The number of halogens is 4. The molecule has 3 fully saturated rings. The van der Waals surface area contributed by atoms with Crippen molar-refractivity contribution in [2.75, 3.05) is 45.1 Å². The maximum atomic E-state index is 16.3. The first-order chi connectivity index (χ1) is 24.2. The summed E-state index contributed by atoms with van der Waals surface area (Å²) >= 11 is 0. The fourth-order valence-corrected chi connectivity index (χ4v) is 7.17. The molecule has 14 heteroatoms. The largest absolute Gasteiger partial charge is 0.508 e. The van der Waals surface area contributed by atoms with Gasteiger partial charge in [0.2, 0.25) is 12.7 Å². The van der Waals surface area contributed by atoms with E-state index in [0.29, 0.717) is 42.5 Å². The van der Waals surface area contributed by atoms with Gasteiger partial charge >= 0.3 is 6.01 Å². The summed E-state index contributed by atoms with van der Waals surface area (Å²) < 4.78 is 73.0. The molecule has 4 aliphatic rings. The van der Waals surface area contributed by atoms with Crippen LogP contribution in [0.3, 0.4) is 0 Å². The molecule has 0 amide bonds. The second-order valence-corrected chi connectivity index (χ2v) is 12.3. The van der Waals surface area contributed by atoms with Crippen molar-refractivity contribution >= 4 is 30.3 Å². The molecule has 9 nitrogen and oxygen atoms in total. The molecule has 3 aromatic rings. The molecule has 1 aromatic carbocycles. The zero-order valence-corrected chi connectivity index (χ0v) is 29.9. The van der Waals surface area contributed by atoms with E-state index in [2.05, 4.69) is 32.6 Å². The average Bonchev–Trinajstić information content (AvgIpc) is 3.55. The maximum absolute atomic E-state index is 16.3. The van der Waals surface area contributed by atoms with Gasteiger partial charge in [-0.15, -0.1) is 0 Å². The number of aromatic nitrogens is 3. The molecule has 0 bridgehead atoms. The van der Waals surface area contributed by atoms with E-state index in [1.165, 1.54) is 38.9 Å². The number of benzene rings is 1. The van der Waals surface area contributed by atoms with Crippen LogP contribution in [-0.4, -0.2) is 91.3 Å². The van der Waals surface area contributed by atoms with Crippen LogP contribution in [0.25, 0.3) is 27.9 Å². The van der Waals surface area contributed by atoms with Crippen molar-refractivity contribution in [1.29, 1.82) is 0 Å². The monoisotopic (exact) mass is 701 g/mol. The van der Waals surface area contributed by atoms with Gasteiger partial charge in [0, 0.05) is 30.3 Å². The van der Waals surface area contributed by atoms with E-state index in [0.717, 1.165) is 45.6 Å². The van der Waals surface area contributed by atoms with Gasteiger partial charge in [-0.2, -0.15) is 9.97 Å². The summed E-state index contributed by atoms with van der Waals surface area (Å²) in [4.78, 5) is 17.7. The highest BCUT2D eigenvalue weighted by molar-refractivity contribution is 6.05. The first kappa shape index (κ1) is 39.0. The van der Waals surface area contributed by atoms with E-state index in [4.69, 9.17) is 14.2 Å². The SMILES string of the molecule is CC.COc1nc2c3c(nc(-c4cc(O)cc(C)c4/C(OCF)=C(\C)F)c(F)c3n1)OCC1CCCCCN21.FC1CC2CCCN2C1.[B]C. The van der Waals surface area contributed by atoms with E-state index in [1.807, 2.05) is 13.8 Å². The van der Waals surface area contributed by atoms with Crippen LogP contribution in [-0.2, 0) is 4.74 Å². The third-order valence-corrected chi connectivity index (χ3v) is 9.23. The molecule has 272 valence electrons. The van der Waals surface area contributed by atoms with E-state index in [1.54, 1.807) is 6.92 Å². The Bertz CT molecular complexity index is 1630. The first-order valence-electron chi connectivity index (χ1n) is 17.4. The molecule has 3 saturated heterocycles. The van der Waals surface area contributed by atoms with Gasteiger partial charge in [-0.25, -0.2) is 22.5 Å². The minimum atomic E-state index is -1.30. The summed E-state index contributed by atoms with van der Waals surface area (Å²) in [6, 6.07) is 3.16. The number of aryl methyl sites for hydroxylation is 1. The molecule has 7 rings (SSSR count). The molecule has 4 aliphatic heterocycles. The standard InChI is InChI=1S/C26H27F3N4O4.C7H12FN.C2H6.CH3B/c1-13-9-16(34)10-17(18(13)23(14(2)28)37-12-27)21-20(29)22-19-24(32-26(31-22)35-3)33-8-6-4-5-7-15(33)11-36-25(19)30-21;8-6-4-7-2-1-3-9(7)5-6;2*1-2/h9-10,15,34H,4-8,11-12H2,1-3H3;6-7H,1-5H2;1-2H3;1H3/b23-14-;;;. The number of allylic oxidation sites excluding steroid dienone is 1. The molecular weight excluding hydrogens is 653 g/mol. The van der Waals surface area contributed by atoms with Crippen molar-refractivity contribution in [3.05, 3.63) is 34.9 Å². The quantitative estimate of drug-likeness (QED) is 0.161. The third-order valence-electron chi connectivity index (χ3n) is 9.23. The summed E-state index contributed by atoms with van der Waals surface area (Å²) in [5, 5.41) is 10.7. The van der Waals surface area contributed by atoms with E-state index in [9.17, 15) is 18.3 Å². The van der Waals surface area contributed by atoms with Crippen molar-refractivity contribution in [3.63, 3.8) is 0 Å². The van der Waals surface area contributed by atoms with Gasteiger partial charge in [-0.3, -0.25) is 4.90 Å². The van der Waals surface area contributed by atoms with Crippen LogP contribution in [0, 0.1) is 12.7 Å². The molecule has 3 unspecified atom stereocenters. The molecule has 0 spiro atoms. The van der Waals surface area contributed by atoms with Gasteiger partial charge in [-0.05, 0) is 70.2 Å². The number of fused-ring (bicyclic) bond motifs is 3. The van der Waals surface area contributed by atoms with Crippen molar-refractivity contribution in [1.82, 2.24) is 19.9 Å².